The van der Waals surface area contributed by atoms with Gasteiger partial charge in [0.05, 0.1) is 10.7 Å². The predicted molar refractivity (Wildman–Crippen MR) is 156 cm³/mol. The molecule has 6 nitrogen and oxygen atoms in total. The van der Waals surface area contributed by atoms with Gasteiger partial charge in [-0.05, 0) is 91.8 Å². The Labute approximate surface area is 234 Å². The monoisotopic (exact) mass is 561 g/mol. The first-order valence-corrected chi connectivity index (χ1v) is 12.7. The topological polar surface area (TPSA) is 80.3 Å². The zero-order valence-corrected chi connectivity index (χ0v) is 22.7. The minimum Gasteiger partial charge on any atom is -0.457 e. The summed E-state index contributed by atoms with van der Waals surface area (Å²) in [5, 5.41) is 6.72. The third-order valence-electron chi connectivity index (χ3n) is 5.72. The number of hydrogen-bond donors (Lipinski definition) is 2. The Morgan fingerprint density at radius 1 is 0.921 bits per heavy atom. The van der Waals surface area contributed by atoms with Crippen molar-refractivity contribution in [3.05, 3.63) is 99.7 Å². The number of benzene rings is 3. The zero-order valence-electron chi connectivity index (χ0n) is 20.3. The molecular weight excluding hydrogens is 541 g/mol. The van der Waals surface area contributed by atoms with Crippen molar-refractivity contribution in [2.75, 3.05) is 5.32 Å². The Morgan fingerprint density at radius 2 is 1.74 bits per heavy atom. The van der Waals surface area contributed by atoms with E-state index in [1.807, 2.05) is 56.3 Å². The number of hydrogen-bond acceptors (Lipinski definition) is 5. The molecule has 5 rings (SSSR count). The van der Waals surface area contributed by atoms with Crippen molar-refractivity contribution in [1.29, 1.82) is 0 Å². The molecule has 5 aromatic rings. The maximum absolute atomic E-state index is 12.4. The van der Waals surface area contributed by atoms with Crippen molar-refractivity contribution in [3.8, 4) is 22.8 Å². The first kappa shape index (κ1) is 25.7. The second-order valence-corrected chi connectivity index (χ2v) is 9.85. The summed E-state index contributed by atoms with van der Waals surface area (Å²) in [6.45, 7) is 3.92. The van der Waals surface area contributed by atoms with Crippen LogP contribution in [0.15, 0.2) is 81.6 Å². The molecule has 0 spiro atoms. The Kier molecular flexibility index (Phi) is 7.33. The van der Waals surface area contributed by atoms with Crippen LogP contribution < -0.4 is 10.6 Å². The smallest absolute Gasteiger partial charge is 0.250 e. The average Bonchev–Trinajstić information content (AvgIpc) is 3.53. The number of oxazole rings is 1. The Bertz CT molecular complexity index is 1720. The minimum absolute atomic E-state index is 0.0846. The number of nitrogens with one attached hydrogen (secondary N) is 2. The molecule has 0 saturated heterocycles. The lowest BCUT2D eigenvalue weighted by Crippen LogP contribution is -2.32. The fourth-order valence-corrected chi connectivity index (χ4v) is 4.27. The zero-order chi connectivity index (χ0) is 26.8. The van der Waals surface area contributed by atoms with Gasteiger partial charge in [0.1, 0.15) is 17.0 Å². The molecule has 190 valence electrons. The fraction of sp³-hybridized carbons (Fsp3) is 0.0690. The van der Waals surface area contributed by atoms with Gasteiger partial charge in [-0.15, -0.1) is 0 Å². The highest BCUT2D eigenvalue weighted by Crippen LogP contribution is 2.31. The molecule has 0 bridgehead atoms. The maximum atomic E-state index is 12.4. The van der Waals surface area contributed by atoms with Gasteiger partial charge in [0.25, 0.3) is 0 Å². The Hall–Kier alpha value is -3.91. The third kappa shape index (κ3) is 5.81. The van der Waals surface area contributed by atoms with E-state index in [2.05, 4.69) is 15.6 Å². The van der Waals surface area contributed by atoms with E-state index in [1.165, 1.54) is 6.08 Å². The highest BCUT2D eigenvalue weighted by molar-refractivity contribution is 7.80. The number of fused-ring (bicyclic) bond motifs is 1. The number of furan rings is 1. The van der Waals surface area contributed by atoms with E-state index in [0.717, 1.165) is 22.2 Å². The van der Waals surface area contributed by atoms with Crippen LogP contribution in [0.25, 0.3) is 40.0 Å². The van der Waals surface area contributed by atoms with Crippen LogP contribution in [0, 0.1) is 13.8 Å². The van der Waals surface area contributed by atoms with Crippen LogP contribution >= 0.6 is 35.4 Å². The molecule has 2 heterocycles. The summed E-state index contributed by atoms with van der Waals surface area (Å²) in [4.78, 5) is 17.0. The minimum atomic E-state index is -0.430. The van der Waals surface area contributed by atoms with Crippen molar-refractivity contribution < 1.29 is 13.6 Å². The number of aryl methyl sites for hydroxylation is 2. The molecule has 9 heteroatoms. The van der Waals surface area contributed by atoms with Crippen LogP contribution in [0.4, 0.5) is 5.69 Å². The molecule has 0 radical (unpaired) electrons. The van der Waals surface area contributed by atoms with Gasteiger partial charge in [0.15, 0.2) is 10.7 Å². The molecule has 0 unspecified atom stereocenters. The van der Waals surface area contributed by atoms with Crippen LogP contribution in [0.3, 0.4) is 0 Å². The molecule has 0 aliphatic carbocycles. The number of carbonyl (C=O) groups excluding carboxylic acids is 1. The summed E-state index contributed by atoms with van der Waals surface area (Å²) in [5.74, 6) is 1.18. The summed E-state index contributed by atoms with van der Waals surface area (Å²) in [6.07, 6.45) is 2.89. The number of thiocarbonyl (C=S) groups is 1. The van der Waals surface area contributed by atoms with E-state index in [0.29, 0.717) is 44.3 Å². The van der Waals surface area contributed by atoms with Gasteiger partial charge in [-0.1, -0.05) is 41.4 Å². The van der Waals surface area contributed by atoms with Gasteiger partial charge in [-0.25, -0.2) is 4.98 Å². The number of aromatic nitrogens is 1. The van der Waals surface area contributed by atoms with E-state index in [4.69, 9.17) is 44.3 Å². The van der Waals surface area contributed by atoms with Gasteiger partial charge in [-0.2, -0.15) is 0 Å². The van der Waals surface area contributed by atoms with E-state index < -0.39 is 5.91 Å². The SMILES string of the molecule is Cc1ccc2nc(-c3ccc(Cl)c(NC(=S)NC(=O)/C=C/c4ccc(-c5ccc(C)c(Cl)c5)o4)c3)oc2c1. The molecule has 0 atom stereocenters. The number of nitrogens with zero attached hydrogens (tertiary/aromatic N) is 1. The average molecular weight is 562 g/mol. The maximum Gasteiger partial charge on any atom is 0.250 e. The third-order valence-corrected chi connectivity index (χ3v) is 6.67. The second-order valence-electron chi connectivity index (χ2n) is 8.63. The van der Waals surface area contributed by atoms with Crippen LogP contribution in [-0.4, -0.2) is 16.0 Å². The van der Waals surface area contributed by atoms with E-state index >= 15 is 0 Å². The van der Waals surface area contributed by atoms with E-state index in [1.54, 1.807) is 30.3 Å². The highest BCUT2D eigenvalue weighted by Gasteiger charge is 2.12. The summed E-state index contributed by atoms with van der Waals surface area (Å²) < 4.78 is 11.7. The predicted octanol–water partition coefficient (Wildman–Crippen LogP) is 8.20. The molecule has 1 amide bonds. The van der Waals surface area contributed by atoms with Crippen molar-refractivity contribution >= 4 is 69.3 Å². The van der Waals surface area contributed by atoms with Crippen LogP contribution in [0.2, 0.25) is 10.0 Å². The molecule has 2 N–H and O–H groups in total. The quantitative estimate of drug-likeness (QED) is 0.166. The standard InChI is InChI=1S/C29H21Cl2N3O3S/c1-16-3-10-23-26(13-16)37-28(32-23)19-6-9-21(30)24(15-19)33-29(38)34-27(35)12-8-20-7-11-25(36-20)18-5-4-17(2)22(31)14-18/h3-15H,1-2H3,(H2,33,34,35,38)/b12-8+. The molecule has 0 aliphatic rings. The summed E-state index contributed by atoms with van der Waals surface area (Å²) >= 11 is 17.9. The number of halogens is 2. The molecule has 0 saturated carbocycles. The lowest BCUT2D eigenvalue weighted by Gasteiger charge is -2.10. The molecule has 38 heavy (non-hydrogen) atoms. The van der Waals surface area contributed by atoms with Crippen LogP contribution in [-0.2, 0) is 4.79 Å². The molecular formula is C29H21Cl2N3O3S. The van der Waals surface area contributed by atoms with Crippen LogP contribution in [0.1, 0.15) is 16.9 Å². The van der Waals surface area contributed by atoms with Gasteiger partial charge in [0, 0.05) is 22.2 Å². The fourth-order valence-electron chi connectivity index (χ4n) is 3.72. The Morgan fingerprint density at radius 3 is 2.55 bits per heavy atom. The van der Waals surface area contributed by atoms with Gasteiger partial charge < -0.3 is 14.2 Å². The first-order chi connectivity index (χ1) is 18.2. The van der Waals surface area contributed by atoms with Crippen molar-refractivity contribution in [2.24, 2.45) is 0 Å². The van der Waals surface area contributed by atoms with E-state index in [9.17, 15) is 4.79 Å². The molecule has 0 fully saturated rings. The second kappa shape index (κ2) is 10.8. The number of amides is 1. The number of rotatable bonds is 5. The number of anilines is 1. The Balaban J connectivity index is 1.23. The highest BCUT2D eigenvalue weighted by atomic mass is 35.5. The van der Waals surface area contributed by atoms with E-state index in [-0.39, 0.29) is 5.11 Å². The van der Waals surface area contributed by atoms with Crippen molar-refractivity contribution in [2.45, 2.75) is 13.8 Å². The number of carbonyl (C=O) groups is 1. The van der Waals surface area contributed by atoms with Gasteiger partial charge >= 0.3 is 0 Å². The summed E-state index contributed by atoms with van der Waals surface area (Å²) in [6, 6.07) is 20.4. The van der Waals surface area contributed by atoms with Gasteiger partial charge in [-0.3, -0.25) is 10.1 Å². The summed E-state index contributed by atoms with van der Waals surface area (Å²) in [7, 11) is 0. The van der Waals surface area contributed by atoms with Crippen molar-refractivity contribution in [1.82, 2.24) is 10.3 Å². The summed E-state index contributed by atoms with van der Waals surface area (Å²) in [5.41, 5.74) is 5.59. The van der Waals surface area contributed by atoms with Gasteiger partial charge in [0.2, 0.25) is 11.8 Å². The first-order valence-electron chi connectivity index (χ1n) is 11.6. The van der Waals surface area contributed by atoms with Crippen LogP contribution in [0.5, 0.6) is 0 Å². The lowest BCUT2D eigenvalue weighted by atomic mass is 10.1. The molecule has 0 aliphatic heterocycles. The normalized spacial score (nSPS) is 11.3. The molecule has 2 aromatic heterocycles. The lowest BCUT2D eigenvalue weighted by molar-refractivity contribution is -0.115. The van der Waals surface area contributed by atoms with Crippen molar-refractivity contribution in [3.63, 3.8) is 0 Å². The molecule has 3 aromatic carbocycles. The largest absolute Gasteiger partial charge is 0.457 e.